The lowest BCUT2D eigenvalue weighted by atomic mass is 9.99. The lowest BCUT2D eigenvalue weighted by Gasteiger charge is -2.36. The Morgan fingerprint density at radius 1 is 1.44 bits per heavy atom. The molecule has 2 aliphatic heterocycles. The lowest BCUT2D eigenvalue weighted by molar-refractivity contribution is 0.0283. The number of aliphatic hydroxyl groups excluding tert-OH is 1. The van der Waals surface area contributed by atoms with Gasteiger partial charge in [-0.2, -0.15) is 8.75 Å². The molecule has 2 bridgehead atoms. The van der Waals surface area contributed by atoms with Crippen LogP contribution < -0.4 is 0 Å². The molecule has 1 N–H and O–H groups in total. The summed E-state index contributed by atoms with van der Waals surface area (Å²) in [6.45, 7) is 0. The molecule has 0 radical (unpaired) electrons. The molecular formula is C10H13N3O2S. The van der Waals surface area contributed by atoms with Crippen molar-refractivity contribution < 1.29 is 9.90 Å². The summed E-state index contributed by atoms with van der Waals surface area (Å²) in [6.07, 6.45) is 4.71. The highest BCUT2D eigenvalue weighted by Crippen LogP contribution is 2.36. The molecule has 2 fully saturated rings. The van der Waals surface area contributed by atoms with Crippen LogP contribution in [0.3, 0.4) is 0 Å². The number of carbonyl (C=O) groups excluding carboxylic acids is 1. The molecule has 0 saturated carbocycles. The van der Waals surface area contributed by atoms with Crippen LogP contribution >= 0.6 is 11.7 Å². The molecule has 16 heavy (non-hydrogen) atoms. The van der Waals surface area contributed by atoms with Crippen LogP contribution in [0.4, 0.5) is 0 Å². The van der Waals surface area contributed by atoms with Crippen LogP contribution in [-0.2, 0) is 0 Å². The van der Waals surface area contributed by atoms with Crippen molar-refractivity contribution in [3.05, 3.63) is 11.9 Å². The predicted molar refractivity (Wildman–Crippen MR) is 58.1 cm³/mol. The standard InChI is InChI=1S/C10H13N3O2S/c14-8-3-6-1-2-7(4-8)13(6)10(15)9-5-11-16-12-9/h5-8,14H,1-4H2. The predicted octanol–water partition coefficient (Wildman–Crippen LogP) is 0.666. The van der Waals surface area contributed by atoms with E-state index in [1.165, 1.54) is 6.20 Å². The Labute approximate surface area is 97.4 Å². The minimum atomic E-state index is -0.241. The van der Waals surface area contributed by atoms with E-state index in [4.69, 9.17) is 0 Å². The average molecular weight is 239 g/mol. The molecule has 0 aromatic carbocycles. The van der Waals surface area contributed by atoms with Gasteiger partial charge in [-0.1, -0.05) is 0 Å². The van der Waals surface area contributed by atoms with Gasteiger partial charge in [0.25, 0.3) is 5.91 Å². The zero-order valence-electron chi connectivity index (χ0n) is 8.74. The van der Waals surface area contributed by atoms with Gasteiger partial charge < -0.3 is 10.0 Å². The highest BCUT2D eigenvalue weighted by atomic mass is 32.1. The van der Waals surface area contributed by atoms with Gasteiger partial charge in [-0.25, -0.2) is 0 Å². The second kappa shape index (κ2) is 3.78. The fourth-order valence-corrected chi connectivity index (χ4v) is 3.28. The maximum atomic E-state index is 12.2. The number of hydrogen-bond acceptors (Lipinski definition) is 5. The van der Waals surface area contributed by atoms with Crippen LogP contribution in [0.5, 0.6) is 0 Å². The quantitative estimate of drug-likeness (QED) is 0.782. The zero-order chi connectivity index (χ0) is 11.1. The molecule has 1 aromatic heterocycles. The van der Waals surface area contributed by atoms with Crippen molar-refractivity contribution in [2.75, 3.05) is 0 Å². The summed E-state index contributed by atoms with van der Waals surface area (Å²) in [7, 11) is 0. The van der Waals surface area contributed by atoms with Gasteiger partial charge in [0.1, 0.15) is 0 Å². The SMILES string of the molecule is O=C(c1cnsn1)N1C2CCC1CC(O)C2. The molecule has 1 aromatic rings. The summed E-state index contributed by atoms with van der Waals surface area (Å²) in [5.74, 6) is -0.0202. The first-order chi connectivity index (χ1) is 7.75. The number of amides is 1. The highest BCUT2D eigenvalue weighted by molar-refractivity contribution is 6.99. The molecule has 3 rings (SSSR count). The number of piperidine rings is 1. The number of rotatable bonds is 1. The first kappa shape index (κ1) is 10.2. The lowest BCUT2D eigenvalue weighted by Crippen LogP contribution is -2.48. The molecule has 86 valence electrons. The van der Waals surface area contributed by atoms with Crippen molar-refractivity contribution in [2.24, 2.45) is 0 Å². The summed E-state index contributed by atoms with van der Waals surface area (Å²) >= 11 is 1.06. The molecule has 3 heterocycles. The maximum Gasteiger partial charge on any atom is 0.275 e. The third-order valence-corrected chi connectivity index (χ3v) is 4.00. The van der Waals surface area contributed by atoms with Crippen molar-refractivity contribution >= 4 is 17.6 Å². The Morgan fingerprint density at radius 3 is 2.69 bits per heavy atom. The molecule has 1 amide bonds. The monoisotopic (exact) mass is 239 g/mol. The van der Waals surface area contributed by atoms with E-state index in [1.54, 1.807) is 0 Å². The molecule has 0 spiro atoms. The Hall–Kier alpha value is -1.01. The third kappa shape index (κ3) is 1.53. The number of aromatic nitrogens is 2. The Morgan fingerprint density at radius 2 is 2.12 bits per heavy atom. The van der Waals surface area contributed by atoms with Crippen molar-refractivity contribution in [1.82, 2.24) is 13.6 Å². The number of nitrogens with zero attached hydrogens (tertiary/aromatic N) is 3. The van der Waals surface area contributed by atoms with Gasteiger partial charge in [0.2, 0.25) is 0 Å². The minimum Gasteiger partial charge on any atom is -0.393 e. The first-order valence-electron chi connectivity index (χ1n) is 5.54. The van der Waals surface area contributed by atoms with Gasteiger partial charge in [0.15, 0.2) is 5.69 Å². The average Bonchev–Trinajstić information content (AvgIpc) is 2.85. The van der Waals surface area contributed by atoms with Gasteiger partial charge in [0, 0.05) is 12.1 Å². The fraction of sp³-hybridized carbons (Fsp3) is 0.700. The first-order valence-corrected chi connectivity index (χ1v) is 6.27. The van der Waals surface area contributed by atoms with E-state index in [1.807, 2.05) is 4.90 Å². The molecule has 2 unspecified atom stereocenters. The molecule has 2 aliphatic rings. The number of fused-ring (bicyclic) bond motifs is 2. The van der Waals surface area contributed by atoms with E-state index in [0.29, 0.717) is 18.5 Å². The summed E-state index contributed by atoms with van der Waals surface area (Å²) in [4.78, 5) is 14.1. The van der Waals surface area contributed by atoms with E-state index in [0.717, 1.165) is 24.6 Å². The Bertz CT molecular complexity index is 381. The second-order valence-electron chi connectivity index (χ2n) is 4.52. The van der Waals surface area contributed by atoms with Gasteiger partial charge in [0.05, 0.1) is 24.0 Å². The minimum absolute atomic E-state index is 0.0202. The van der Waals surface area contributed by atoms with E-state index in [9.17, 15) is 9.90 Å². The second-order valence-corrected chi connectivity index (χ2v) is 5.07. The normalized spacial score (nSPS) is 33.1. The molecule has 2 saturated heterocycles. The number of carbonyl (C=O) groups is 1. The van der Waals surface area contributed by atoms with Crippen LogP contribution in [0.1, 0.15) is 36.2 Å². The van der Waals surface area contributed by atoms with Gasteiger partial charge in [-0.15, -0.1) is 0 Å². The van der Waals surface area contributed by atoms with Crippen LogP contribution in [0.15, 0.2) is 6.20 Å². The van der Waals surface area contributed by atoms with Crippen molar-refractivity contribution in [2.45, 2.75) is 43.9 Å². The molecule has 6 heteroatoms. The smallest absolute Gasteiger partial charge is 0.275 e. The molecule has 5 nitrogen and oxygen atoms in total. The van der Waals surface area contributed by atoms with Crippen molar-refractivity contribution in [3.63, 3.8) is 0 Å². The van der Waals surface area contributed by atoms with Gasteiger partial charge >= 0.3 is 0 Å². The number of hydrogen-bond donors (Lipinski definition) is 1. The van der Waals surface area contributed by atoms with Crippen LogP contribution in [0.25, 0.3) is 0 Å². The van der Waals surface area contributed by atoms with Crippen LogP contribution in [-0.4, -0.2) is 42.8 Å². The van der Waals surface area contributed by atoms with Crippen LogP contribution in [0, 0.1) is 0 Å². The third-order valence-electron chi connectivity index (χ3n) is 3.52. The maximum absolute atomic E-state index is 12.2. The van der Waals surface area contributed by atoms with E-state index >= 15 is 0 Å². The summed E-state index contributed by atoms with van der Waals surface area (Å²) in [6, 6.07) is 0.394. The van der Waals surface area contributed by atoms with Crippen molar-refractivity contribution in [3.8, 4) is 0 Å². The highest BCUT2D eigenvalue weighted by Gasteiger charge is 2.43. The molecule has 0 aliphatic carbocycles. The van der Waals surface area contributed by atoms with Crippen molar-refractivity contribution in [1.29, 1.82) is 0 Å². The largest absolute Gasteiger partial charge is 0.393 e. The van der Waals surface area contributed by atoms with Crippen LogP contribution in [0.2, 0.25) is 0 Å². The Balaban J connectivity index is 1.84. The van der Waals surface area contributed by atoms with Gasteiger partial charge in [-0.3, -0.25) is 4.79 Å². The Kier molecular flexibility index (Phi) is 2.40. The summed E-state index contributed by atoms with van der Waals surface area (Å²) < 4.78 is 7.84. The van der Waals surface area contributed by atoms with E-state index in [-0.39, 0.29) is 24.1 Å². The van der Waals surface area contributed by atoms with Gasteiger partial charge in [-0.05, 0) is 25.7 Å². The van der Waals surface area contributed by atoms with E-state index < -0.39 is 0 Å². The number of aliphatic hydroxyl groups is 1. The zero-order valence-corrected chi connectivity index (χ0v) is 9.56. The summed E-state index contributed by atoms with van der Waals surface area (Å²) in [5.41, 5.74) is 0.443. The molecule has 2 atom stereocenters. The molecular weight excluding hydrogens is 226 g/mol. The van der Waals surface area contributed by atoms with E-state index in [2.05, 4.69) is 8.75 Å². The topological polar surface area (TPSA) is 66.3 Å². The summed E-state index contributed by atoms with van der Waals surface area (Å²) in [5, 5.41) is 9.66. The fourth-order valence-electron chi connectivity index (χ4n) is 2.87.